The fraction of sp³-hybridized carbons (Fsp3) is 0.429. The first-order valence-electron chi connectivity index (χ1n) is 9.56. The molecule has 1 amide bonds. The van der Waals surface area contributed by atoms with E-state index < -0.39 is 17.6 Å². The monoisotopic (exact) mass is 425 g/mol. The Kier molecular flexibility index (Phi) is 6.67. The van der Waals surface area contributed by atoms with Crippen LogP contribution in [0.4, 0.5) is 18.9 Å². The summed E-state index contributed by atoms with van der Waals surface area (Å²) in [5.74, 6) is -0.0880. The molecule has 1 aliphatic rings. The lowest BCUT2D eigenvalue weighted by atomic mass is 9.86. The molecule has 1 saturated carbocycles. The summed E-state index contributed by atoms with van der Waals surface area (Å²) in [5.41, 5.74) is 0.919. The zero-order valence-corrected chi connectivity index (χ0v) is 16.8. The second kappa shape index (κ2) is 9.03. The average Bonchev–Trinajstić information content (AvgIpc) is 2.68. The number of nitrogens with one attached hydrogen (secondary N) is 2. The second-order valence-electron chi connectivity index (χ2n) is 7.45. The van der Waals surface area contributed by atoms with Gasteiger partial charge in [0.05, 0.1) is 28.0 Å². The fourth-order valence-corrected chi connectivity index (χ4v) is 3.69. The van der Waals surface area contributed by atoms with Gasteiger partial charge in [-0.3, -0.25) is 9.78 Å². The minimum Gasteiger partial charge on any atom is -0.384 e. The molecule has 8 heteroatoms. The molecule has 0 aliphatic heterocycles. The van der Waals surface area contributed by atoms with E-state index >= 15 is 0 Å². The summed E-state index contributed by atoms with van der Waals surface area (Å²) in [6, 6.07) is 6.68. The van der Waals surface area contributed by atoms with Crippen molar-refractivity contribution in [2.75, 3.05) is 11.9 Å². The first kappa shape index (κ1) is 21.4. The van der Waals surface area contributed by atoms with Gasteiger partial charge >= 0.3 is 6.18 Å². The SMILES string of the molecule is Cc1ccc(NC[C@H]2CC[C@H](NC(=O)c3cc(C(F)(F)F)ccc3Cl)CC2)cn1. The molecule has 0 atom stereocenters. The molecular formula is C21H23ClF3N3O. The topological polar surface area (TPSA) is 54.0 Å². The molecule has 1 aliphatic carbocycles. The number of hydrogen-bond donors (Lipinski definition) is 2. The molecule has 0 spiro atoms. The maximum atomic E-state index is 12.9. The summed E-state index contributed by atoms with van der Waals surface area (Å²) >= 11 is 5.95. The molecule has 1 fully saturated rings. The van der Waals surface area contributed by atoms with Crippen LogP contribution < -0.4 is 10.6 Å². The summed E-state index contributed by atoms with van der Waals surface area (Å²) in [6.45, 7) is 2.76. The molecule has 3 rings (SSSR count). The fourth-order valence-electron chi connectivity index (χ4n) is 3.48. The molecule has 29 heavy (non-hydrogen) atoms. The maximum Gasteiger partial charge on any atom is 0.416 e. The molecule has 156 valence electrons. The number of anilines is 1. The Balaban J connectivity index is 1.50. The van der Waals surface area contributed by atoms with Crippen LogP contribution in [0.15, 0.2) is 36.5 Å². The van der Waals surface area contributed by atoms with E-state index in [0.29, 0.717) is 5.92 Å². The van der Waals surface area contributed by atoms with Gasteiger partial charge in [-0.05, 0) is 68.9 Å². The normalized spacial score (nSPS) is 19.6. The number of carbonyl (C=O) groups excluding carboxylic acids is 1. The number of carbonyl (C=O) groups is 1. The van der Waals surface area contributed by atoms with Gasteiger partial charge in [-0.1, -0.05) is 11.6 Å². The number of benzene rings is 1. The number of halogens is 4. The van der Waals surface area contributed by atoms with Crippen molar-refractivity contribution in [3.8, 4) is 0 Å². The van der Waals surface area contributed by atoms with Crippen molar-refractivity contribution >= 4 is 23.2 Å². The molecule has 0 saturated heterocycles. The number of aryl methyl sites for hydroxylation is 1. The van der Waals surface area contributed by atoms with Crippen LogP contribution in [0.2, 0.25) is 5.02 Å². The van der Waals surface area contributed by atoms with E-state index in [1.165, 1.54) is 0 Å². The van der Waals surface area contributed by atoms with E-state index in [1.807, 2.05) is 19.1 Å². The van der Waals surface area contributed by atoms with E-state index in [2.05, 4.69) is 15.6 Å². The van der Waals surface area contributed by atoms with Gasteiger partial charge in [0.25, 0.3) is 5.91 Å². The standard InChI is InChI=1S/C21H23ClF3N3O/c1-13-2-6-17(12-26-13)27-11-14-3-7-16(8-4-14)28-20(29)18-10-15(21(23,24)25)5-9-19(18)22/h2,5-6,9-10,12,14,16,27H,3-4,7-8,11H2,1H3,(H,28,29)/t14-,16-. The molecular weight excluding hydrogens is 403 g/mol. The number of alkyl halides is 3. The highest BCUT2D eigenvalue weighted by Crippen LogP contribution is 2.32. The Morgan fingerprint density at radius 2 is 1.90 bits per heavy atom. The zero-order chi connectivity index (χ0) is 21.0. The van der Waals surface area contributed by atoms with Crippen molar-refractivity contribution in [1.82, 2.24) is 10.3 Å². The van der Waals surface area contributed by atoms with E-state index in [-0.39, 0.29) is 16.6 Å². The van der Waals surface area contributed by atoms with Gasteiger partial charge in [-0.2, -0.15) is 13.2 Å². The van der Waals surface area contributed by atoms with Gasteiger partial charge in [0.2, 0.25) is 0 Å². The lowest BCUT2D eigenvalue weighted by Crippen LogP contribution is -2.38. The Morgan fingerprint density at radius 1 is 1.17 bits per heavy atom. The van der Waals surface area contributed by atoms with E-state index in [1.54, 1.807) is 6.20 Å². The molecule has 2 aromatic rings. The van der Waals surface area contributed by atoms with Crippen LogP contribution in [-0.2, 0) is 6.18 Å². The molecule has 0 unspecified atom stereocenters. The highest BCUT2D eigenvalue weighted by Gasteiger charge is 2.32. The molecule has 1 aromatic carbocycles. The Bertz CT molecular complexity index is 847. The third kappa shape index (κ3) is 5.85. The average molecular weight is 426 g/mol. The van der Waals surface area contributed by atoms with E-state index in [0.717, 1.165) is 61.8 Å². The maximum absolute atomic E-state index is 12.9. The van der Waals surface area contributed by atoms with E-state index in [4.69, 9.17) is 11.6 Å². The van der Waals surface area contributed by atoms with Gasteiger partial charge < -0.3 is 10.6 Å². The summed E-state index contributed by atoms with van der Waals surface area (Å²) < 4.78 is 38.7. The summed E-state index contributed by atoms with van der Waals surface area (Å²) in [6.07, 6.45) is 0.695. The van der Waals surface area contributed by atoms with Gasteiger partial charge in [0.1, 0.15) is 0 Å². The number of pyridine rings is 1. The van der Waals surface area contributed by atoms with Crippen LogP contribution >= 0.6 is 11.6 Å². The van der Waals surface area contributed by atoms with E-state index in [9.17, 15) is 18.0 Å². The van der Waals surface area contributed by atoms with Crippen molar-refractivity contribution in [2.45, 2.75) is 44.8 Å². The smallest absolute Gasteiger partial charge is 0.384 e. The molecule has 1 aromatic heterocycles. The quantitative estimate of drug-likeness (QED) is 0.668. The predicted octanol–water partition coefficient (Wildman–Crippen LogP) is 5.46. The van der Waals surface area contributed by atoms with Crippen LogP contribution in [0.25, 0.3) is 0 Å². The second-order valence-corrected chi connectivity index (χ2v) is 7.86. The number of nitrogens with zero attached hydrogens (tertiary/aromatic N) is 1. The number of amides is 1. The molecule has 1 heterocycles. The first-order valence-corrected chi connectivity index (χ1v) is 9.94. The third-order valence-electron chi connectivity index (χ3n) is 5.23. The highest BCUT2D eigenvalue weighted by atomic mass is 35.5. The summed E-state index contributed by atoms with van der Waals surface area (Å²) in [4.78, 5) is 16.7. The molecule has 0 radical (unpaired) electrons. The van der Waals surface area contributed by atoms with Crippen molar-refractivity contribution < 1.29 is 18.0 Å². The minimum absolute atomic E-state index is 0.0140. The third-order valence-corrected chi connectivity index (χ3v) is 5.56. The summed E-state index contributed by atoms with van der Waals surface area (Å²) in [7, 11) is 0. The lowest BCUT2D eigenvalue weighted by molar-refractivity contribution is -0.137. The zero-order valence-electron chi connectivity index (χ0n) is 16.0. The summed E-state index contributed by atoms with van der Waals surface area (Å²) in [5, 5.41) is 6.23. The van der Waals surface area contributed by atoms with Gasteiger partial charge in [0.15, 0.2) is 0 Å². The van der Waals surface area contributed by atoms with Crippen molar-refractivity contribution in [1.29, 1.82) is 0 Å². The largest absolute Gasteiger partial charge is 0.416 e. The van der Waals surface area contributed by atoms with Crippen LogP contribution in [0.5, 0.6) is 0 Å². The van der Waals surface area contributed by atoms with Crippen molar-refractivity contribution in [3.05, 3.63) is 58.4 Å². The molecule has 2 N–H and O–H groups in total. The van der Waals surface area contributed by atoms with Gasteiger partial charge in [-0.15, -0.1) is 0 Å². The Hall–Kier alpha value is -2.28. The van der Waals surface area contributed by atoms with Crippen LogP contribution in [0, 0.1) is 12.8 Å². The minimum atomic E-state index is -4.52. The van der Waals surface area contributed by atoms with Crippen molar-refractivity contribution in [2.24, 2.45) is 5.92 Å². The van der Waals surface area contributed by atoms with Gasteiger partial charge in [-0.25, -0.2) is 0 Å². The Labute approximate surface area is 172 Å². The Morgan fingerprint density at radius 3 is 2.52 bits per heavy atom. The highest BCUT2D eigenvalue weighted by molar-refractivity contribution is 6.33. The predicted molar refractivity (Wildman–Crippen MR) is 107 cm³/mol. The van der Waals surface area contributed by atoms with Crippen LogP contribution in [0.3, 0.4) is 0 Å². The number of rotatable bonds is 5. The van der Waals surface area contributed by atoms with Gasteiger partial charge in [0, 0.05) is 18.3 Å². The van der Waals surface area contributed by atoms with Crippen molar-refractivity contribution in [3.63, 3.8) is 0 Å². The lowest BCUT2D eigenvalue weighted by Gasteiger charge is -2.29. The molecule has 0 bridgehead atoms. The first-order chi connectivity index (χ1) is 13.7. The van der Waals surface area contributed by atoms with Crippen LogP contribution in [0.1, 0.15) is 47.3 Å². The number of aromatic nitrogens is 1. The molecule has 4 nitrogen and oxygen atoms in total. The number of hydrogen-bond acceptors (Lipinski definition) is 3. The van der Waals surface area contributed by atoms with Crippen LogP contribution in [-0.4, -0.2) is 23.5 Å².